The number of alkyl halides is 3. The van der Waals surface area contributed by atoms with Crippen LogP contribution < -0.4 is 15.0 Å². The SMILES string of the molecule is COc1cc(/N=c2\ccc3ncc(-c4cnn(C)c4)nc3n2CC(C)C(F)(F)F)c(F)c(OC)c1. The zero-order valence-corrected chi connectivity index (χ0v) is 19.3. The van der Waals surface area contributed by atoms with E-state index in [2.05, 4.69) is 20.1 Å². The van der Waals surface area contributed by atoms with Crippen LogP contribution in [0.3, 0.4) is 0 Å². The van der Waals surface area contributed by atoms with Crippen molar-refractivity contribution in [3.63, 3.8) is 0 Å². The monoisotopic (exact) mass is 490 g/mol. The molecule has 0 bridgehead atoms. The number of halogens is 4. The van der Waals surface area contributed by atoms with E-state index in [1.807, 2.05) is 0 Å². The Bertz CT molecular complexity index is 1440. The summed E-state index contributed by atoms with van der Waals surface area (Å²) in [6, 6.07) is 5.71. The molecular formula is C23H22F4N6O2. The highest BCUT2D eigenvalue weighted by Gasteiger charge is 2.36. The fraction of sp³-hybridized carbons (Fsp3) is 0.304. The van der Waals surface area contributed by atoms with E-state index < -0.39 is 24.5 Å². The first-order valence-corrected chi connectivity index (χ1v) is 10.5. The molecule has 0 aliphatic rings. The Morgan fingerprint density at radius 2 is 1.89 bits per heavy atom. The van der Waals surface area contributed by atoms with Gasteiger partial charge in [-0.3, -0.25) is 9.67 Å². The van der Waals surface area contributed by atoms with Crippen LogP contribution in [0.5, 0.6) is 11.5 Å². The van der Waals surface area contributed by atoms with Crippen LogP contribution in [-0.2, 0) is 13.6 Å². The van der Waals surface area contributed by atoms with Gasteiger partial charge < -0.3 is 14.0 Å². The molecule has 8 nitrogen and oxygen atoms in total. The maximum absolute atomic E-state index is 15.0. The molecule has 1 unspecified atom stereocenters. The second-order valence-corrected chi connectivity index (χ2v) is 7.89. The van der Waals surface area contributed by atoms with Gasteiger partial charge in [0.1, 0.15) is 22.4 Å². The second kappa shape index (κ2) is 9.35. The van der Waals surface area contributed by atoms with Gasteiger partial charge in [-0.1, -0.05) is 6.92 Å². The van der Waals surface area contributed by atoms with Gasteiger partial charge in [-0.05, 0) is 12.1 Å². The van der Waals surface area contributed by atoms with Gasteiger partial charge in [-0.15, -0.1) is 0 Å². The number of aromatic nitrogens is 5. The minimum Gasteiger partial charge on any atom is -0.497 e. The third kappa shape index (κ3) is 4.96. The zero-order chi connectivity index (χ0) is 25.3. The quantitative estimate of drug-likeness (QED) is 0.374. The lowest BCUT2D eigenvalue weighted by Crippen LogP contribution is -2.31. The largest absolute Gasteiger partial charge is 0.497 e. The van der Waals surface area contributed by atoms with E-state index >= 15 is 0 Å². The number of methoxy groups -OCH3 is 2. The van der Waals surface area contributed by atoms with E-state index in [9.17, 15) is 17.6 Å². The number of rotatable bonds is 6. The highest BCUT2D eigenvalue weighted by atomic mass is 19.4. The highest BCUT2D eigenvalue weighted by Crippen LogP contribution is 2.32. The summed E-state index contributed by atoms with van der Waals surface area (Å²) in [6.07, 6.45) is 0.334. The molecule has 4 aromatic rings. The van der Waals surface area contributed by atoms with Crippen LogP contribution in [0.15, 0.2) is 47.8 Å². The van der Waals surface area contributed by atoms with Crippen LogP contribution in [0.4, 0.5) is 23.2 Å². The summed E-state index contributed by atoms with van der Waals surface area (Å²) in [5.41, 5.74) is 1.48. The predicted molar refractivity (Wildman–Crippen MR) is 120 cm³/mol. The van der Waals surface area contributed by atoms with E-state index in [4.69, 9.17) is 9.47 Å². The molecule has 3 aromatic heterocycles. The van der Waals surface area contributed by atoms with Crippen LogP contribution in [0.2, 0.25) is 0 Å². The van der Waals surface area contributed by atoms with Gasteiger partial charge in [-0.2, -0.15) is 18.3 Å². The van der Waals surface area contributed by atoms with Crippen LogP contribution in [0, 0.1) is 11.7 Å². The Morgan fingerprint density at radius 3 is 2.51 bits per heavy atom. The van der Waals surface area contributed by atoms with E-state index in [0.717, 1.165) is 6.92 Å². The van der Waals surface area contributed by atoms with Crippen molar-refractivity contribution in [3.05, 3.63) is 54.2 Å². The average molecular weight is 490 g/mol. The van der Waals surface area contributed by atoms with Crippen molar-refractivity contribution in [2.24, 2.45) is 18.0 Å². The first kappa shape index (κ1) is 24.2. The van der Waals surface area contributed by atoms with Gasteiger partial charge in [0, 0.05) is 37.5 Å². The summed E-state index contributed by atoms with van der Waals surface area (Å²) in [4.78, 5) is 13.2. The van der Waals surface area contributed by atoms with Crippen molar-refractivity contribution < 1.29 is 27.0 Å². The number of aryl methyl sites for hydroxylation is 1. The highest BCUT2D eigenvalue weighted by molar-refractivity contribution is 5.73. The van der Waals surface area contributed by atoms with E-state index in [0.29, 0.717) is 16.8 Å². The Hall–Kier alpha value is -3.96. The molecule has 0 aliphatic carbocycles. The number of hydrogen-bond acceptors (Lipinski definition) is 6. The predicted octanol–water partition coefficient (Wildman–Crippen LogP) is 4.42. The first-order valence-electron chi connectivity index (χ1n) is 10.5. The van der Waals surface area contributed by atoms with Crippen LogP contribution in [0.1, 0.15) is 6.92 Å². The zero-order valence-electron chi connectivity index (χ0n) is 19.3. The summed E-state index contributed by atoms with van der Waals surface area (Å²) < 4.78 is 68.6. The van der Waals surface area contributed by atoms with E-state index in [-0.39, 0.29) is 28.3 Å². The minimum atomic E-state index is -4.47. The molecule has 12 heteroatoms. The van der Waals surface area contributed by atoms with Crippen molar-refractivity contribution >= 4 is 16.9 Å². The number of fused-ring (bicyclic) bond motifs is 1. The summed E-state index contributed by atoms with van der Waals surface area (Å²) in [7, 11) is 4.42. The third-order valence-electron chi connectivity index (χ3n) is 5.40. The molecule has 4 rings (SSSR count). The van der Waals surface area contributed by atoms with E-state index in [1.54, 1.807) is 30.2 Å². The number of nitrogens with zero attached hydrogens (tertiary/aromatic N) is 6. The molecule has 1 atom stereocenters. The number of hydrogen-bond donors (Lipinski definition) is 0. The topological polar surface area (TPSA) is 79.4 Å². The fourth-order valence-corrected chi connectivity index (χ4v) is 3.43. The molecule has 35 heavy (non-hydrogen) atoms. The summed E-state index contributed by atoms with van der Waals surface area (Å²) >= 11 is 0. The standard InChI is InChI=1S/C23H22F4N6O2/c1-13(23(25,26)27)11-33-20(30-17-7-15(34-3)8-19(35-4)21(17)24)6-5-16-22(33)31-18(10-28-16)14-9-29-32(2)12-14/h5-10,12-13H,11H2,1-4H3/b30-20+. The molecule has 0 saturated carbocycles. The second-order valence-electron chi connectivity index (χ2n) is 7.89. The lowest BCUT2D eigenvalue weighted by Gasteiger charge is -2.19. The lowest BCUT2D eigenvalue weighted by molar-refractivity contribution is -0.172. The minimum absolute atomic E-state index is 0.0560. The Morgan fingerprint density at radius 1 is 1.11 bits per heavy atom. The van der Waals surface area contributed by atoms with Crippen LogP contribution >= 0.6 is 0 Å². The van der Waals surface area contributed by atoms with Crippen LogP contribution in [0.25, 0.3) is 22.4 Å². The lowest BCUT2D eigenvalue weighted by atomic mass is 10.1. The molecule has 184 valence electrons. The normalized spacial score (nSPS) is 13.3. The van der Waals surface area contributed by atoms with Gasteiger partial charge in [-0.25, -0.2) is 14.4 Å². The van der Waals surface area contributed by atoms with Crippen LogP contribution in [-0.4, -0.2) is 44.7 Å². The molecule has 0 N–H and O–H groups in total. The number of ether oxygens (including phenoxy) is 2. The van der Waals surface area contributed by atoms with Crippen molar-refractivity contribution in [2.45, 2.75) is 19.6 Å². The molecule has 0 fully saturated rings. The van der Waals surface area contributed by atoms with Gasteiger partial charge in [0.05, 0.1) is 38.2 Å². The number of benzene rings is 1. The Kier molecular flexibility index (Phi) is 6.46. The van der Waals surface area contributed by atoms with Gasteiger partial charge in [0.15, 0.2) is 17.2 Å². The summed E-state index contributed by atoms with van der Waals surface area (Å²) in [6.45, 7) is 0.552. The molecule has 0 amide bonds. The fourth-order valence-electron chi connectivity index (χ4n) is 3.43. The molecule has 0 saturated heterocycles. The van der Waals surface area contributed by atoms with Gasteiger partial charge in [0.2, 0.25) is 0 Å². The maximum atomic E-state index is 15.0. The molecule has 3 heterocycles. The smallest absolute Gasteiger partial charge is 0.393 e. The summed E-state index contributed by atoms with van der Waals surface area (Å²) in [5, 5.41) is 4.10. The molecule has 1 aromatic carbocycles. The Labute approximate surface area is 197 Å². The van der Waals surface area contributed by atoms with Crippen molar-refractivity contribution in [1.82, 2.24) is 24.3 Å². The van der Waals surface area contributed by atoms with Crippen molar-refractivity contribution in [1.29, 1.82) is 0 Å². The van der Waals surface area contributed by atoms with Gasteiger partial charge >= 0.3 is 6.18 Å². The number of pyridine rings is 1. The first-order chi connectivity index (χ1) is 16.6. The van der Waals surface area contributed by atoms with E-state index in [1.165, 1.54) is 43.2 Å². The van der Waals surface area contributed by atoms with Crippen molar-refractivity contribution in [2.75, 3.05) is 14.2 Å². The molecule has 0 radical (unpaired) electrons. The maximum Gasteiger partial charge on any atom is 0.393 e. The van der Waals surface area contributed by atoms with Crippen molar-refractivity contribution in [3.8, 4) is 22.8 Å². The molecule has 0 aliphatic heterocycles. The molecule has 0 spiro atoms. The average Bonchev–Trinajstić information content (AvgIpc) is 3.26. The van der Waals surface area contributed by atoms with Gasteiger partial charge in [0.25, 0.3) is 0 Å². The Balaban J connectivity index is 1.99. The molecular weight excluding hydrogens is 468 g/mol. The summed E-state index contributed by atoms with van der Waals surface area (Å²) in [5.74, 6) is -2.35. The third-order valence-corrected chi connectivity index (χ3v) is 5.40.